The molecule has 1 unspecified atom stereocenters. The molecule has 0 radical (unpaired) electrons. The average Bonchev–Trinajstić information content (AvgIpc) is 2.30. The Balaban J connectivity index is 3.26. The smallest absolute Gasteiger partial charge is 0.331 e. The summed E-state index contributed by atoms with van der Waals surface area (Å²) in [6.07, 6.45) is 0.582. The summed E-state index contributed by atoms with van der Waals surface area (Å²) < 4.78 is 13.8. The van der Waals surface area contributed by atoms with Gasteiger partial charge in [0.15, 0.2) is 6.04 Å². The van der Waals surface area contributed by atoms with Crippen LogP contribution in [0.25, 0.3) is 0 Å². The molecule has 1 N–H and O–H groups in total. The first kappa shape index (κ1) is 15.4. The number of carboxylic acid groups (broad SMARTS) is 1. The molecule has 0 bridgehead atoms. The molecule has 0 aliphatic carbocycles. The fourth-order valence-corrected chi connectivity index (χ4v) is 2.03. The van der Waals surface area contributed by atoms with Crippen molar-refractivity contribution in [3.63, 3.8) is 0 Å². The summed E-state index contributed by atoms with van der Waals surface area (Å²) in [6, 6.07) is 2.40. The number of amides is 1. The number of carbonyl (C=O) groups excluding carboxylic acids is 1. The average molecular weight is 288 g/mol. The largest absolute Gasteiger partial charge is 0.479 e. The minimum absolute atomic E-state index is 0.0689. The summed E-state index contributed by atoms with van der Waals surface area (Å²) in [6.45, 7) is 3.32. The molecule has 0 aromatic heterocycles. The Labute approximate surface area is 115 Å². The summed E-state index contributed by atoms with van der Waals surface area (Å²) in [5.41, 5.74) is -0.0689. The molecule has 0 saturated heterocycles. The van der Waals surface area contributed by atoms with Crippen LogP contribution in [0.5, 0.6) is 0 Å². The monoisotopic (exact) mass is 287 g/mol. The van der Waals surface area contributed by atoms with Crippen molar-refractivity contribution in [2.45, 2.75) is 26.3 Å². The molecule has 0 aliphatic heterocycles. The van der Waals surface area contributed by atoms with Gasteiger partial charge in [-0.3, -0.25) is 4.79 Å². The van der Waals surface area contributed by atoms with Gasteiger partial charge in [-0.15, -0.1) is 0 Å². The summed E-state index contributed by atoms with van der Waals surface area (Å²) in [5, 5.41) is 9.45. The third-order valence-electron chi connectivity index (χ3n) is 2.67. The minimum Gasteiger partial charge on any atom is -0.479 e. The predicted molar refractivity (Wildman–Crippen MR) is 69.5 cm³/mol. The SMILES string of the molecule is CCCN(C(C)=O)C(C(=O)O)c1ccc(Cl)cc1F. The van der Waals surface area contributed by atoms with E-state index in [1.807, 2.05) is 6.92 Å². The Kier molecular flexibility index (Phi) is 5.30. The molecule has 0 spiro atoms. The highest BCUT2D eigenvalue weighted by Crippen LogP contribution is 2.26. The van der Waals surface area contributed by atoms with Gasteiger partial charge in [0.25, 0.3) is 0 Å². The lowest BCUT2D eigenvalue weighted by atomic mass is 10.0. The molecule has 1 atom stereocenters. The van der Waals surface area contributed by atoms with Crippen molar-refractivity contribution in [3.8, 4) is 0 Å². The minimum atomic E-state index is -1.34. The number of benzene rings is 1. The summed E-state index contributed by atoms with van der Waals surface area (Å²) in [5.74, 6) is -2.42. The van der Waals surface area contributed by atoms with E-state index in [4.69, 9.17) is 11.6 Å². The Morgan fingerprint density at radius 3 is 2.53 bits per heavy atom. The van der Waals surface area contributed by atoms with E-state index >= 15 is 0 Å². The maximum absolute atomic E-state index is 13.8. The van der Waals surface area contributed by atoms with Crippen LogP contribution in [0.3, 0.4) is 0 Å². The van der Waals surface area contributed by atoms with Gasteiger partial charge in [0.05, 0.1) is 0 Å². The lowest BCUT2D eigenvalue weighted by Crippen LogP contribution is -2.38. The highest BCUT2D eigenvalue weighted by molar-refractivity contribution is 6.30. The van der Waals surface area contributed by atoms with Crippen molar-refractivity contribution < 1.29 is 19.1 Å². The van der Waals surface area contributed by atoms with Gasteiger partial charge in [0, 0.05) is 24.1 Å². The molecular weight excluding hydrogens is 273 g/mol. The Morgan fingerprint density at radius 2 is 2.11 bits per heavy atom. The highest BCUT2D eigenvalue weighted by atomic mass is 35.5. The number of aliphatic carboxylic acids is 1. The van der Waals surface area contributed by atoms with Crippen LogP contribution in [0.1, 0.15) is 31.9 Å². The molecule has 0 saturated carbocycles. The van der Waals surface area contributed by atoms with Gasteiger partial charge in [0.2, 0.25) is 5.91 Å². The fraction of sp³-hybridized carbons (Fsp3) is 0.385. The van der Waals surface area contributed by atoms with Crippen LogP contribution < -0.4 is 0 Å². The van der Waals surface area contributed by atoms with Gasteiger partial charge in [-0.05, 0) is 18.6 Å². The van der Waals surface area contributed by atoms with Crippen molar-refractivity contribution in [3.05, 3.63) is 34.6 Å². The first-order valence-corrected chi connectivity index (χ1v) is 6.21. The molecule has 0 aliphatic rings. The predicted octanol–water partition coefficient (Wildman–Crippen LogP) is 2.86. The normalized spacial score (nSPS) is 12.0. The van der Waals surface area contributed by atoms with Gasteiger partial charge in [-0.25, -0.2) is 9.18 Å². The summed E-state index contributed by atoms with van der Waals surface area (Å²) >= 11 is 5.64. The van der Waals surface area contributed by atoms with Crippen molar-refractivity contribution >= 4 is 23.5 Å². The topological polar surface area (TPSA) is 57.6 Å². The van der Waals surface area contributed by atoms with Crippen LogP contribution in [0.4, 0.5) is 4.39 Å². The Morgan fingerprint density at radius 1 is 1.47 bits per heavy atom. The van der Waals surface area contributed by atoms with Gasteiger partial charge in [-0.1, -0.05) is 24.6 Å². The first-order chi connectivity index (χ1) is 8.88. The number of nitrogens with zero attached hydrogens (tertiary/aromatic N) is 1. The zero-order valence-electron chi connectivity index (χ0n) is 10.7. The second-order valence-electron chi connectivity index (χ2n) is 4.12. The molecule has 1 rings (SSSR count). The molecule has 6 heteroatoms. The molecule has 104 valence electrons. The highest BCUT2D eigenvalue weighted by Gasteiger charge is 2.31. The van der Waals surface area contributed by atoms with Crippen molar-refractivity contribution in [2.24, 2.45) is 0 Å². The lowest BCUT2D eigenvalue weighted by molar-refractivity contribution is -0.150. The van der Waals surface area contributed by atoms with Crippen LogP contribution >= 0.6 is 11.6 Å². The van der Waals surface area contributed by atoms with Crippen LogP contribution in [-0.4, -0.2) is 28.4 Å². The Hall–Kier alpha value is -1.62. The number of hydrogen-bond donors (Lipinski definition) is 1. The third-order valence-corrected chi connectivity index (χ3v) is 2.91. The molecule has 4 nitrogen and oxygen atoms in total. The fourth-order valence-electron chi connectivity index (χ4n) is 1.87. The zero-order valence-corrected chi connectivity index (χ0v) is 11.4. The summed E-state index contributed by atoms with van der Waals surface area (Å²) in [4.78, 5) is 24.0. The molecule has 1 aromatic rings. The van der Waals surface area contributed by atoms with Crippen LogP contribution in [0, 0.1) is 5.82 Å². The summed E-state index contributed by atoms with van der Waals surface area (Å²) in [7, 11) is 0. The zero-order chi connectivity index (χ0) is 14.6. The Bertz CT molecular complexity index is 493. The second kappa shape index (κ2) is 6.52. The maximum Gasteiger partial charge on any atom is 0.331 e. The molecule has 19 heavy (non-hydrogen) atoms. The van der Waals surface area contributed by atoms with Gasteiger partial charge in [0.1, 0.15) is 5.82 Å². The standard InChI is InChI=1S/C13H15ClFNO3/c1-3-6-16(8(2)17)12(13(18)19)10-5-4-9(14)7-11(10)15/h4-5,7,12H,3,6H2,1-2H3,(H,18,19). The van der Waals surface area contributed by atoms with Crippen LogP contribution in [0.15, 0.2) is 18.2 Å². The van der Waals surface area contributed by atoms with E-state index in [1.165, 1.54) is 19.1 Å². The van der Waals surface area contributed by atoms with E-state index in [0.717, 1.165) is 11.0 Å². The first-order valence-electron chi connectivity index (χ1n) is 5.83. The van der Waals surface area contributed by atoms with E-state index in [2.05, 4.69) is 0 Å². The maximum atomic E-state index is 13.8. The van der Waals surface area contributed by atoms with Crippen molar-refractivity contribution in [2.75, 3.05) is 6.54 Å². The number of rotatable bonds is 5. The van der Waals surface area contributed by atoms with Crippen LogP contribution in [0.2, 0.25) is 5.02 Å². The van der Waals surface area contributed by atoms with E-state index in [9.17, 15) is 19.1 Å². The number of halogens is 2. The van der Waals surface area contributed by atoms with E-state index in [0.29, 0.717) is 6.42 Å². The van der Waals surface area contributed by atoms with Gasteiger partial charge >= 0.3 is 5.97 Å². The van der Waals surface area contributed by atoms with Crippen molar-refractivity contribution in [1.29, 1.82) is 0 Å². The van der Waals surface area contributed by atoms with Crippen molar-refractivity contribution in [1.82, 2.24) is 4.90 Å². The lowest BCUT2D eigenvalue weighted by Gasteiger charge is -2.28. The van der Waals surface area contributed by atoms with E-state index < -0.39 is 23.7 Å². The molecular formula is C13H15ClFNO3. The molecule has 1 aromatic carbocycles. The second-order valence-corrected chi connectivity index (χ2v) is 4.56. The molecule has 0 fully saturated rings. The quantitative estimate of drug-likeness (QED) is 0.906. The third kappa shape index (κ3) is 3.67. The van der Waals surface area contributed by atoms with E-state index in [-0.39, 0.29) is 17.1 Å². The number of hydrogen-bond acceptors (Lipinski definition) is 2. The van der Waals surface area contributed by atoms with E-state index in [1.54, 1.807) is 0 Å². The van der Waals surface area contributed by atoms with Gasteiger partial charge in [-0.2, -0.15) is 0 Å². The van der Waals surface area contributed by atoms with Gasteiger partial charge < -0.3 is 10.0 Å². The van der Waals surface area contributed by atoms with Crippen LogP contribution in [-0.2, 0) is 9.59 Å². The number of carboxylic acids is 1. The number of carbonyl (C=O) groups is 2. The molecule has 0 heterocycles. The molecule has 1 amide bonds.